The van der Waals surface area contributed by atoms with E-state index in [0.29, 0.717) is 0 Å². The third kappa shape index (κ3) is 22.4. The van der Waals surface area contributed by atoms with Crippen LogP contribution >= 0.6 is 12.4 Å². The van der Waals surface area contributed by atoms with Crippen molar-refractivity contribution in [3.63, 3.8) is 0 Å². The minimum Gasteiger partial charge on any atom is -0.358 e. The van der Waals surface area contributed by atoms with Crippen LogP contribution < -0.4 is 0 Å². The van der Waals surface area contributed by atoms with Gasteiger partial charge in [0, 0.05) is 0 Å². The van der Waals surface area contributed by atoms with Crippen molar-refractivity contribution in [3.05, 3.63) is 49.7 Å². The first kappa shape index (κ1) is 32.8. The molecule has 0 saturated heterocycles. The summed E-state index contributed by atoms with van der Waals surface area (Å²) < 4.78 is 0. The summed E-state index contributed by atoms with van der Waals surface area (Å²) >= 11 is 0. The van der Waals surface area contributed by atoms with Gasteiger partial charge >= 0.3 is 23.1 Å². The fourth-order valence-electron chi connectivity index (χ4n) is 3.55. The van der Waals surface area contributed by atoms with Gasteiger partial charge in [-0.15, -0.1) is 24.5 Å². The normalized spacial score (nSPS) is 9.75. The maximum atomic E-state index is 2.38. The zero-order valence-corrected chi connectivity index (χ0v) is 21.3. The molecule has 0 radical (unpaired) electrons. The third-order valence-electron chi connectivity index (χ3n) is 5.24. The van der Waals surface area contributed by atoms with E-state index in [-0.39, 0.29) is 42.9 Å². The third-order valence-corrected chi connectivity index (χ3v) is 5.24. The Morgan fingerprint density at radius 2 is 0.929 bits per heavy atom. The molecule has 0 aliphatic carbocycles. The van der Waals surface area contributed by atoms with E-state index in [1.807, 2.05) is 0 Å². The fraction of sp³-hybridized carbons (Fsp3) is 0.692. The van der Waals surface area contributed by atoms with Crippen LogP contribution in [-0.2, 0) is 0 Å². The first-order chi connectivity index (χ1) is 12.4. The molecule has 2 heteroatoms. The van der Waals surface area contributed by atoms with Crippen molar-refractivity contribution in [2.75, 3.05) is 0 Å². The van der Waals surface area contributed by atoms with Gasteiger partial charge in [0.2, 0.25) is 0 Å². The molecule has 1 rings (SSSR count). The number of benzene rings is 1. The van der Waals surface area contributed by atoms with Crippen LogP contribution in [0.15, 0.2) is 30.3 Å². The molecule has 1 aromatic carbocycles. The summed E-state index contributed by atoms with van der Waals surface area (Å²) in [6.07, 6.45) is 26.8. The molecule has 0 amide bonds. The predicted molar refractivity (Wildman–Crippen MR) is 133 cm³/mol. The zero-order valence-electron chi connectivity index (χ0n) is 19.1. The van der Waals surface area contributed by atoms with Crippen LogP contribution in [0.1, 0.15) is 122 Å². The van der Waals surface area contributed by atoms with Crippen LogP contribution in [0.25, 0.3) is 0 Å². The predicted octanol–water partition coefficient (Wildman–Crippen LogP) is 9.38. The maximum Gasteiger partial charge on any atom is 2.00 e. The molecule has 0 spiro atoms. The number of hydrogen-bond donors (Lipinski definition) is 0. The van der Waals surface area contributed by atoms with Gasteiger partial charge in [-0.1, -0.05) is 122 Å². The summed E-state index contributed by atoms with van der Waals surface area (Å²) in [4.78, 5) is 0. The second kappa shape index (κ2) is 27.1. The van der Waals surface area contributed by atoms with Crippen molar-refractivity contribution in [2.24, 2.45) is 0 Å². The second-order valence-electron chi connectivity index (χ2n) is 7.71. The summed E-state index contributed by atoms with van der Waals surface area (Å²) in [6, 6.07) is 10.7. The molecule has 28 heavy (non-hydrogen) atoms. The molecule has 1 aromatic rings. The number of unbranched alkanes of at least 4 members (excludes halogenated alkanes) is 16. The van der Waals surface area contributed by atoms with Gasteiger partial charge in [0.15, 0.2) is 0 Å². The molecule has 0 nitrogen and oxygen atoms in total. The summed E-state index contributed by atoms with van der Waals surface area (Å²) in [5.41, 5.74) is 1.38. The minimum atomic E-state index is 0. The Morgan fingerprint density at radius 3 is 1.32 bits per heavy atom. The number of halogens is 1. The molecule has 0 N–H and O–H groups in total. The molecule has 0 aliphatic heterocycles. The largest absolute Gasteiger partial charge is 2.00 e. The molecule has 0 aliphatic rings. The Bertz CT molecular complexity index is 366. The monoisotopic (exact) mass is 418 g/mol. The van der Waals surface area contributed by atoms with Crippen molar-refractivity contribution < 1.29 is 0 Å². The van der Waals surface area contributed by atoms with E-state index in [1.165, 1.54) is 115 Å². The topological polar surface area (TPSA) is 0 Å². The average molecular weight is 419 g/mol. The van der Waals surface area contributed by atoms with E-state index in [1.54, 1.807) is 0 Å². The smallest absolute Gasteiger partial charge is 0.358 e. The van der Waals surface area contributed by atoms with Crippen molar-refractivity contribution in [1.29, 1.82) is 0 Å². The fourth-order valence-corrected chi connectivity index (χ4v) is 3.55. The Hall–Kier alpha value is 0.146. The van der Waals surface area contributed by atoms with E-state index in [0.717, 1.165) is 0 Å². The second-order valence-corrected chi connectivity index (χ2v) is 7.71. The van der Waals surface area contributed by atoms with Gasteiger partial charge < -0.3 is 7.43 Å². The van der Waals surface area contributed by atoms with Crippen LogP contribution in [0.4, 0.5) is 0 Å². The SMILES string of the molecule is CCCCCCCCCCCCCCCCCC[CH-]c1ccccc1.Cl.[CH3-].[Mg+2]. The van der Waals surface area contributed by atoms with Crippen LogP contribution in [-0.4, -0.2) is 23.1 Å². The van der Waals surface area contributed by atoms with Crippen LogP contribution in [0.3, 0.4) is 0 Å². The Kier molecular flexibility index (Phi) is 31.8. The standard InChI is InChI=1S/C25H43.CH3.ClH.Mg/c1-2-3-4-5-6-7-8-9-10-11-12-13-14-15-16-17-19-22-25-23-20-18-21-24-25;;;/h18,20-24H,2-17,19H2,1H3;1H3;1H;/q2*-1;;+2. The molecule has 0 saturated carbocycles. The van der Waals surface area contributed by atoms with Crippen molar-refractivity contribution >= 4 is 35.5 Å². The Labute approximate surface area is 200 Å². The minimum absolute atomic E-state index is 0. The molecule has 0 unspecified atom stereocenters. The molecule has 0 aromatic heterocycles. The molecule has 0 heterocycles. The van der Waals surface area contributed by atoms with E-state index >= 15 is 0 Å². The van der Waals surface area contributed by atoms with Gasteiger partial charge in [-0.3, -0.25) is 0 Å². The van der Waals surface area contributed by atoms with Crippen LogP contribution in [0.5, 0.6) is 0 Å². The quantitative estimate of drug-likeness (QED) is 0.126. The summed E-state index contributed by atoms with van der Waals surface area (Å²) in [6.45, 7) is 2.30. The van der Waals surface area contributed by atoms with Gasteiger partial charge in [0.25, 0.3) is 0 Å². The van der Waals surface area contributed by atoms with Crippen LogP contribution in [0, 0.1) is 13.8 Å². The van der Waals surface area contributed by atoms with E-state index < -0.39 is 0 Å². The Morgan fingerprint density at radius 1 is 0.571 bits per heavy atom. The van der Waals surface area contributed by atoms with E-state index in [4.69, 9.17) is 0 Å². The van der Waals surface area contributed by atoms with Gasteiger partial charge in [0.05, 0.1) is 0 Å². The van der Waals surface area contributed by atoms with E-state index in [9.17, 15) is 0 Å². The first-order valence-electron chi connectivity index (χ1n) is 11.3. The van der Waals surface area contributed by atoms with Crippen molar-refractivity contribution in [2.45, 2.75) is 116 Å². The summed E-state index contributed by atoms with van der Waals surface area (Å²) in [5.74, 6) is 0. The summed E-state index contributed by atoms with van der Waals surface area (Å²) in [5, 5.41) is 0. The zero-order chi connectivity index (χ0) is 17.8. The summed E-state index contributed by atoms with van der Waals surface area (Å²) in [7, 11) is 0. The maximum absolute atomic E-state index is 2.38. The molecule has 0 fully saturated rings. The molecular formula is C26H47ClMg. The van der Waals surface area contributed by atoms with Gasteiger partial charge in [-0.25, -0.2) is 0 Å². The number of hydrogen-bond acceptors (Lipinski definition) is 0. The van der Waals surface area contributed by atoms with E-state index in [2.05, 4.69) is 43.7 Å². The van der Waals surface area contributed by atoms with Gasteiger partial charge in [-0.2, -0.15) is 24.1 Å². The molecule has 0 atom stereocenters. The first-order valence-corrected chi connectivity index (χ1v) is 11.3. The Balaban J connectivity index is -0.00000208. The van der Waals surface area contributed by atoms with Crippen molar-refractivity contribution in [1.82, 2.24) is 0 Å². The number of rotatable bonds is 18. The molecule has 0 bridgehead atoms. The average Bonchev–Trinajstić information content (AvgIpc) is 2.65. The van der Waals surface area contributed by atoms with Crippen molar-refractivity contribution in [3.8, 4) is 0 Å². The molecule has 160 valence electrons. The van der Waals surface area contributed by atoms with Gasteiger partial charge in [-0.05, 0) is 0 Å². The molecular weight excluding hydrogens is 372 g/mol. The van der Waals surface area contributed by atoms with Gasteiger partial charge in [0.1, 0.15) is 0 Å². The van der Waals surface area contributed by atoms with Crippen LogP contribution in [0.2, 0.25) is 0 Å².